The smallest absolute Gasteiger partial charge is 0.109 e. The van der Waals surface area contributed by atoms with Crippen molar-refractivity contribution in [2.45, 2.75) is 19.1 Å². The summed E-state index contributed by atoms with van der Waals surface area (Å²) >= 11 is 0. The van der Waals surface area contributed by atoms with Crippen LogP contribution in [0.2, 0.25) is 0 Å². The number of rotatable bonds is 6. The number of aliphatic hydroxyl groups is 1. The van der Waals surface area contributed by atoms with E-state index < -0.39 is 6.10 Å². The molecule has 0 aliphatic carbocycles. The van der Waals surface area contributed by atoms with Gasteiger partial charge in [-0.15, -0.1) is 0 Å². The summed E-state index contributed by atoms with van der Waals surface area (Å²) < 4.78 is 5.64. The molecule has 0 aromatic heterocycles. The van der Waals surface area contributed by atoms with E-state index in [1.165, 1.54) is 0 Å². The zero-order valence-corrected chi connectivity index (χ0v) is 11.6. The molecule has 2 aromatic rings. The highest BCUT2D eigenvalue weighted by Gasteiger charge is 2.18. The molecule has 2 atom stereocenters. The molecule has 2 nitrogen and oxygen atoms in total. The summed E-state index contributed by atoms with van der Waals surface area (Å²) in [5.74, 6) is 0. The first-order valence-electron chi connectivity index (χ1n) is 6.89. The quantitative estimate of drug-likeness (QED) is 0.862. The van der Waals surface area contributed by atoms with Crippen molar-refractivity contribution >= 4 is 6.08 Å². The predicted molar refractivity (Wildman–Crippen MR) is 82.3 cm³/mol. The van der Waals surface area contributed by atoms with E-state index in [1.54, 1.807) is 0 Å². The van der Waals surface area contributed by atoms with Crippen molar-refractivity contribution in [2.75, 3.05) is 6.61 Å². The maximum atomic E-state index is 10.4. The first kappa shape index (κ1) is 14.5. The van der Waals surface area contributed by atoms with Gasteiger partial charge in [0.2, 0.25) is 0 Å². The summed E-state index contributed by atoms with van der Waals surface area (Å²) in [5, 5.41) is 10.4. The maximum absolute atomic E-state index is 10.4. The van der Waals surface area contributed by atoms with Crippen LogP contribution in [0.1, 0.15) is 24.2 Å². The minimum absolute atomic E-state index is 0.345. The van der Waals surface area contributed by atoms with E-state index in [1.807, 2.05) is 79.7 Å². The fourth-order valence-electron chi connectivity index (χ4n) is 2.05. The molecule has 0 saturated carbocycles. The van der Waals surface area contributed by atoms with Gasteiger partial charge in [0.15, 0.2) is 0 Å². The molecule has 104 valence electrons. The Balaban J connectivity index is 2.13. The largest absolute Gasteiger partial charge is 0.385 e. The van der Waals surface area contributed by atoms with Crippen molar-refractivity contribution < 1.29 is 9.84 Å². The molecule has 0 saturated heterocycles. The van der Waals surface area contributed by atoms with Crippen LogP contribution in [-0.2, 0) is 4.74 Å². The van der Waals surface area contributed by atoms with Gasteiger partial charge in [0.05, 0.1) is 0 Å². The molecular formula is C18H20O2. The lowest BCUT2D eigenvalue weighted by Crippen LogP contribution is -2.20. The molecule has 2 rings (SSSR count). The van der Waals surface area contributed by atoms with Crippen LogP contribution in [0, 0.1) is 0 Å². The van der Waals surface area contributed by atoms with Crippen LogP contribution < -0.4 is 0 Å². The van der Waals surface area contributed by atoms with Crippen LogP contribution in [-0.4, -0.2) is 17.8 Å². The molecule has 0 aliphatic rings. The summed E-state index contributed by atoms with van der Waals surface area (Å²) in [6.07, 6.45) is 2.89. The van der Waals surface area contributed by atoms with Gasteiger partial charge in [-0.3, -0.25) is 0 Å². The molecule has 1 N–H and O–H groups in total. The average Bonchev–Trinajstić information content (AvgIpc) is 2.52. The van der Waals surface area contributed by atoms with Crippen LogP contribution in [0.5, 0.6) is 0 Å². The van der Waals surface area contributed by atoms with Gasteiger partial charge in [-0.2, -0.15) is 0 Å². The predicted octanol–water partition coefficient (Wildman–Crippen LogP) is 3.84. The van der Waals surface area contributed by atoms with E-state index in [2.05, 4.69) is 0 Å². The zero-order valence-electron chi connectivity index (χ0n) is 11.6. The van der Waals surface area contributed by atoms with Gasteiger partial charge in [-0.1, -0.05) is 72.8 Å². The fourth-order valence-corrected chi connectivity index (χ4v) is 2.05. The van der Waals surface area contributed by atoms with Crippen LogP contribution in [0.4, 0.5) is 0 Å². The lowest BCUT2D eigenvalue weighted by molar-refractivity contribution is -0.00531. The third kappa shape index (κ3) is 4.05. The molecule has 0 bridgehead atoms. The lowest BCUT2D eigenvalue weighted by Gasteiger charge is -2.20. The summed E-state index contributed by atoms with van der Waals surface area (Å²) in [4.78, 5) is 0. The standard InChI is InChI=1S/C18H20O2/c1-2-20-17(14-13-15-9-5-3-6-10-15)18(19)16-11-7-4-8-12-16/h3-14,17-19H,2H2,1H3/b14-13+/t17-,18+/m1/s1. The van der Waals surface area contributed by atoms with Crippen LogP contribution in [0.15, 0.2) is 66.7 Å². The molecule has 0 heterocycles. The Morgan fingerprint density at radius 3 is 2.20 bits per heavy atom. The normalized spacial score (nSPS) is 14.3. The number of ether oxygens (including phenoxy) is 1. The maximum Gasteiger partial charge on any atom is 0.109 e. The molecular weight excluding hydrogens is 248 g/mol. The van der Waals surface area contributed by atoms with Gasteiger partial charge in [0.1, 0.15) is 12.2 Å². The van der Waals surface area contributed by atoms with E-state index >= 15 is 0 Å². The monoisotopic (exact) mass is 268 g/mol. The molecule has 2 heteroatoms. The van der Waals surface area contributed by atoms with Gasteiger partial charge in [-0.25, -0.2) is 0 Å². The molecule has 20 heavy (non-hydrogen) atoms. The second kappa shape index (κ2) is 7.63. The minimum atomic E-state index is -0.656. The average molecular weight is 268 g/mol. The molecule has 0 aliphatic heterocycles. The SMILES string of the molecule is CCO[C@H](/C=C/c1ccccc1)[C@@H](O)c1ccccc1. The van der Waals surface area contributed by atoms with E-state index in [0.717, 1.165) is 11.1 Å². The van der Waals surface area contributed by atoms with Gasteiger partial charge < -0.3 is 9.84 Å². The van der Waals surface area contributed by atoms with Gasteiger partial charge in [0.25, 0.3) is 0 Å². The van der Waals surface area contributed by atoms with Crippen molar-refractivity contribution in [1.82, 2.24) is 0 Å². The van der Waals surface area contributed by atoms with Crippen LogP contribution in [0.3, 0.4) is 0 Å². The van der Waals surface area contributed by atoms with Crippen molar-refractivity contribution in [3.8, 4) is 0 Å². The van der Waals surface area contributed by atoms with Crippen molar-refractivity contribution in [1.29, 1.82) is 0 Å². The van der Waals surface area contributed by atoms with Crippen LogP contribution >= 0.6 is 0 Å². The van der Waals surface area contributed by atoms with Crippen molar-refractivity contribution in [3.63, 3.8) is 0 Å². The lowest BCUT2D eigenvalue weighted by atomic mass is 10.0. The Labute approximate surface area is 120 Å². The molecule has 2 aromatic carbocycles. The van der Waals surface area contributed by atoms with E-state index in [9.17, 15) is 5.11 Å². The number of hydrogen-bond donors (Lipinski definition) is 1. The minimum Gasteiger partial charge on any atom is -0.385 e. The molecule has 0 amide bonds. The molecule has 0 fully saturated rings. The zero-order chi connectivity index (χ0) is 14.2. The van der Waals surface area contributed by atoms with Gasteiger partial charge in [-0.05, 0) is 18.1 Å². The van der Waals surface area contributed by atoms with E-state index in [0.29, 0.717) is 6.61 Å². The Kier molecular flexibility index (Phi) is 5.54. The van der Waals surface area contributed by atoms with Crippen molar-refractivity contribution in [2.24, 2.45) is 0 Å². The van der Waals surface area contributed by atoms with Gasteiger partial charge in [0, 0.05) is 6.61 Å². The molecule has 0 spiro atoms. The summed E-state index contributed by atoms with van der Waals surface area (Å²) in [6.45, 7) is 2.49. The summed E-state index contributed by atoms with van der Waals surface area (Å²) in [7, 11) is 0. The summed E-state index contributed by atoms with van der Waals surface area (Å²) in [6, 6.07) is 19.6. The Morgan fingerprint density at radius 1 is 1.00 bits per heavy atom. The molecule has 0 unspecified atom stereocenters. The third-order valence-electron chi connectivity index (χ3n) is 3.09. The number of benzene rings is 2. The Hall–Kier alpha value is -1.90. The van der Waals surface area contributed by atoms with Crippen molar-refractivity contribution in [3.05, 3.63) is 77.9 Å². The first-order valence-corrected chi connectivity index (χ1v) is 6.89. The fraction of sp³-hybridized carbons (Fsp3) is 0.222. The van der Waals surface area contributed by atoms with E-state index in [-0.39, 0.29) is 6.10 Å². The third-order valence-corrected chi connectivity index (χ3v) is 3.09. The topological polar surface area (TPSA) is 29.5 Å². The van der Waals surface area contributed by atoms with Gasteiger partial charge >= 0.3 is 0 Å². The van der Waals surface area contributed by atoms with Crippen LogP contribution in [0.25, 0.3) is 6.08 Å². The number of hydrogen-bond acceptors (Lipinski definition) is 2. The molecule has 0 radical (unpaired) electrons. The Bertz CT molecular complexity index is 520. The highest BCUT2D eigenvalue weighted by Crippen LogP contribution is 2.20. The highest BCUT2D eigenvalue weighted by molar-refractivity contribution is 5.49. The second-order valence-corrected chi connectivity index (χ2v) is 4.55. The van der Waals surface area contributed by atoms with E-state index in [4.69, 9.17) is 4.74 Å². The second-order valence-electron chi connectivity index (χ2n) is 4.55. The first-order chi connectivity index (χ1) is 9.81. The highest BCUT2D eigenvalue weighted by atomic mass is 16.5. The number of aliphatic hydroxyl groups excluding tert-OH is 1. The Morgan fingerprint density at radius 2 is 1.60 bits per heavy atom. The summed E-state index contributed by atoms with van der Waals surface area (Å²) in [5.41, 5.74) is 1.96.